The van der Waals surface area contributed by atoms with Crippen LogP contribution < -0.4 is 0 Å². The number of non-ortho nitro benzene ring substituents is 1. The van der Waals surface area contributed by atoms with Gasteiger partial charge >= 0.3 is 0 Å². The summed E-state index contributed by atoms with van der Waals surface area (Å²) < 4.78 is 32.3. The van der Waals surface area contributed by atoms with Crippen LogP contribution in [-0.2, 0) is 20.5 Å². The van der Waals surface area contributed by atoms with Gasteiger partial charge in [-0.2, -0.15) is 4.31 Å². The van der Waals surface area contributed by atoms with E-state index in [1.165, 1.54) is 28.6 Å². The summed E-state index contributed by atoms with van der Waals surface area (Å²) in [6.45, 7) is 4.90. The molecule has 1 saturated heterocycles. The zero-order valence-corrected chi connectivity index (χ0v) is 13.5. The smallest absolute Gasteiger partial charge is 0.269 e. The highest BCUT2D eigenvalue weighted by Gasteiger charge is 2.41. The Morgan fingerprint density at radius 1 is 1.36 bits per heavy atom. The van der Waals surface area contributed by atoms with Crippen molar-refractivity contribution in [3.63, 3.8) is 0 Å². The van der Waals surface area contributed by atoms with Crippen LogP contribution in [-0.4, -0.2) is 42.9 Å². The maximum absolute atomic E-state index is 12.7. The molecule has 1 heterocycles. The fourth-order valence-corrected chi connectivity index (χ4v) is 4.51. The molecule has 122 valence electrons. The molecule has 0 N–H and O–H groups in total. The summed E-state index contributed by atoms with van der Waals surface area (Å²) in [4.78, 5) is 10.1. The van der Waals surface area contributed by atoms with E-state index in [1.807, 2.05) is 13.8 Å². The van der Waals surface area contributed by atoms with Crippen molar-refractivity contribution in [3.05, 3.63) is 39.9 Å². The van der Waals surface area contributed by atoms with E-state index >= 15 is 0 Å². The predicted octanol–water partition coefficient (Wildman–Crippen LogP) is 1.93. The van der Waals surface area contributed by atoms with E-state index in [1.54, 1.807) is 0 Å². The van der Waals surface area contributed by atoms with Crippen LogP contribution in [0.4, 0.5) is 5.69 Å². The van der Waals surface area contributed by atoms with Gasteiger partial charge in [0.05, 0.1) is 29.4 Å². The number of morpholine rings is 1. The van der Waals surface area contributed by atoms with Crippen LogP contribution in [0.25, 0.3) is 0 Å². The largest absolute Gasteiger partial charge is 0.378 e. The first-order valence-corrected chi connectivity index (χ1v) is 8.71. The third-order valence-electron chi connectivity index (χ3n) is 4.05. The fourth-order valence-electron chi connectivity index (χ4n) is 2.54. The van der Waals surface area contributed by atoms with Crippen molar-refractivity contribution in [1.29, 1.82) is 0 Å². The molecule has 8 heteroatoms. The lowest BCUT2D eigenvalue weighted by Crippen LogP contribution is -2.57. The van der Waals surface area contributed by atoms with E-state index < -0.39 is 20.5 Å². The van der Waals surface area contributed by atoms with Crippen molar-refractivity contribution in [2.45, 2.75) is 31.6 Å². The lowest BCUT2D eigenvalue weighted by molar-refractivity contribution is -0.384. The molecule has 1 atom stereocenters. The Morgan fingerprint density at radius 3 is 2.55 bits per heavy atom. The molecule has 7 nitrogen and oxygen atoms in total. The molecular weight excluding hydrogens is 308 g/mol. The topological polar surface area (TPSA) is 89.8 Å². The van der Waals surface area contributed by atoms with Gasteiger partial charge in [-0.3, -0.25) is 10.1 Å². The van der Waals surface area contributed by atoms with Crippen LogP contribution >= 0.6 is 0 Å². The second kappa shape index (κ2) is 6.31. The van der Waals surface area contributed by atoms with Gasteiger partial charge in [-0.15, -0.1) is 0 Å². The van der Waals surface area contributed by atoms with Gasteiger partial charge in [0.2, 0.25) is 10.0 Å². The molecule has 0 bridgehead atoms. The average Bonchev–Trinajstić information content (AvgIpc) is 2.47. The van der Waals surface area contributed by atoms with Crippen molar-refractivity contribution in [3.8, 4) is 0 Å². The van der Waals surface area contributed by atoms with E-state index in [0.29, 0.717) is 31.7 Å². The molecule has 1 aliphatic heterocycles. The van der Waals surface area contributed by atoms with Gasteiger partial charge in [0, 0.05) is 18.7 Å². The first kappa shape index (κ1) is 16.9. The van der Waals surface area contributed by atoms with Crippen molar-refractivity contribution in [2.75, 3.05) is 19.8 Å². The van der Waals surface area contributed by atoms with Gasteiger partial charge < -0.3 is 4.74 Å². The summed E-state index contributed by atoms with van der Waals surface area (Å²) in [6, 6.07) is 5.62. The third kappa shape index (κ3) is 3.45. The number of ether oxygens (including phenoxy) is 1. The summed E-state index contributed by atoms with van der Waals surface area (Å²) in [5.74, 6) is -0.166. The molecule has 22 heavy (non-hydrogen) atoms. The lowest BCUT2D eigenvalue weighted by Gasteiger charge is -2.42. The summed E-state index contributed by atoms with van der Waals surface area (Å²) in [6.07, 6.45) is 0.659. The van der Waals surface area contributed by atoms with Gasteiger partial charge in [-0.05, 0) is 18.9 Å². The summed E-state index contributed by atoms with van der Waals surface area (Å²) >= 11 is 0. The quantitative estimate of drug-likeness (QED) is 0.608. The van der Waals surface area contributed by atoms with Crippen LogP contribution in [0, 0.1) is 10.1 Å². The number of nitro groups is 1. The van der Waals surface area contributed by atoms with Gasteiger partial charge in [-0.25, -0.2) is 8.42 Å². The Hall–Kier alpha value is -1.51. The number of hydrogen-bond donors (Lipinski definition) is 0. The molecule has 0 aliphatic carbocycles. The molecule has 0 amide bonds. The summed E-state index contributed by atoms with van der Waals surface area (Å²) in [5.41, 5.74) is -0.0563. The monoisotopic (exact) mass is 328 g/mol. The zero-order chi connectivity index (χ0) is 16.4. The highest BCUT2D eigenvalue weighted by molar-refractivity contribution is 7.88. The highest BCUT2D eigenvalue weighted by atomic mass is 32.2. The normalized spacial score (nSPS) is 23.4. The summed E-state index contributed by atoms with van der Waals surface area (Å²) in [5, 5.41) is 10.6. The van der Waals surface area contributed by atoms with Crippen LogP contribution in [0.1, 0.15) is 25.8 Å². The maximum atomic E-state index is 12.7. The fraction of sp³-hybridized carbons (Fsp3) is 0.571. The number of hydrogen-bond acceptors (Lipinski definition) is 5. The average molecular weight is 328 g/mol. The molecule has 1 fully saturated rings. The van der Waals surface area contributed by atoms with E-state index in [9.17, 15) is 18.5 Å². The Balaban J connectivity index is 2.21. The van der Waals surface area contributed by atoms with Crippen molar-refractivity contribution < 1.29 is 18.1 Å². The molecule has 0 aromatic heterocycles. The first-order valence-electron chi connectivity index (χ1n) is 7.10. The van der Waals surface area contributed by atoms with Crippen molar-refractivity contribution in [1.82, 2.24) is 4.31 Å². The Labute approximate surface area is 130 Å². The number of benzene rings is 1. The second-order valence-electron chi connectivity index (χ2n) is 5.65. The molecule has 1 unspecified atom stereocenters. The second-order valence-corrected chi connectivity index (χ2v) is 7.55. The highest BCUT2D eigenvalue weighted by Crippen LogP contribution is 2.28. The third-order valence-corrected chi connectivity index (χ3v) is 6.04. The summed E-state index contributed by atoms with van der Waals surface area (Å²) in [7, 11) is -3.51. The van der Waals surface area contributed by atoms with Crippen LogP contribution in [0.5, 0.6) is 0 Å². The Bertz CT molecular complexity index is 644. The van der Waals surface area contributed by atoms with Crippen LogP contribution in [0.3, 0.4) is 0 Å². The minimum atomic E-state index is -3.51. The number of nitrogens with zero attached hydrogens (tertiary/aromatic N) is 2. The van der Waals surface area contributed by atoms with Crippen LogP contribution in [0.2, 0.25) is 0 Å². The van der Waals surface area contributed by atoms with Crippen molar-refractivity contribution in [2.24, 2.45) is 0 Å². The number of rotatable bonds is 5. The van der Waals surface area contributed by atoms with E-state index in [4.69, 9.17) is 4.74 Å². The minimum absolute atomic E-state index is 0.0501. The first-order chi connectivity index (χ1) is 10.3. The molecular formula is C14H20N2O5S. The van der Waals surface area contributed by atoms with E-state index in [-0.39, 0.29) is 11.4 Å². The molecule has 1 aliphatic rings. The van der Waals surface area contributed by atoms with Crippen LogP contribution in [0.15, 0.2) is 24.3 Å². The Morgan fingerprint density at radius 2 is 2.00 bits per heavy atom. The Kier molecular flexibility index (Phi) is 4.84. The van der Waals surface area contributed by atoms with Gasteiger partial charge in [0.15, 0.2) is 0 Å². The van der Waals surface area contributed by atoms with E-state index in [0.717, 1.165) is 0 Å². The molecule has 0 spiro atoms. The standard InChI is InChI=1S/C14H20N2O5S/c1-3-14(2)11-21-9-8-15(14)22(19,20)10-12-4-6-13(7-5-12)16(17)18/h4-7H,3,8-11H2,1-2H3. The predicted molar refractivity (Wildman–Crippen MR) is 81.9 cm³/mol. The van der Waals surface area contributed by atoms with Gasteiger partial charge in [0.1, 0.15) is 0 Å². The zero-order valence-electron chi connectivity index (χ0n) is 12.7. The maximum Gasteiger partial charge on any atom is 0.269 e. The molecule has 0 radical (unpaired) electrons. The number of sulfonamides is 1. The number of nitro benzene ring substituents is 1. The van der Waals surface area contributed by atoms with Gasteiger partial charge in [0.25, 0.3) is 5.69 Å². The molecule has 2 rings (SSSR count). The van der Waals surface area contributed by atoms with E-state index in [2.05, 4.69) is 0 Å². The molecule has 1 aromatic rings. The molecule has 0 saturated carbocycles. The van der Waals surface area contributed by atoms with Gasteiger partial charge in [-0.1, -0.05) is 19.1 Å². The molecule has 1 aromatic carbocycles. The van der Waals surface area contributed by atoms with Crippen molar-refractivity contribution >= 4 is 15.7 Å². The minimum Gasteiger partial charge on any atom is -0.378 e. The lowest BCUT2D eigenvalue weighted by atomic mass is 9.99. The SMILES string of the molecule is CCC1(C)COCCN1S(=O)(=O)Cc1ccc([N+](=O)[O-])cc1.